The van der Waals surface area contributed by atoms with Gasteiger partial charge in [0, 0.05) is 37.6 Å². The van der Waals surface area contributed by atoms with Crippen LogP contribution in [-0.2, 0) is 14.3 Å². The van der Waals surface area contributed by atoms with Gasteiger partial charge in [-0.2, -0.15) is 0 Å². The molecule has 1 unspecified atom stereocenters. The fourth-order valence-corrected chi connectivity index (χ4v) is 3.31. The molecule has 2 aliphatic rings. The minimum absolute atomic E-state index is 0.0404. The normalized spacial score (nSPS) is 22.7. The van der Waals surface area contributed by atoms with E-state index in [0.29, 0.717) is 26.2 Å². The lowest BCUT2D eigenvalue weighted by Crippen LogP contribution is -2.48. The number of amides is 3. The maximum absolute atomic E-state index is 12.3. The van der Waals surface area contributed by atoms with Gasteiger partial charge in [0.2, 0.25) is 11.8 Å². The highest BCUT2D eigenvalue weighted by molar-refractivity contribution is 5.89. The molecule has 2 saturated heterocycles. The zero-order valence-electron chi connectivity index (χ0n) is 15.1. The smallest absolute Gasteiger partial charge is 0.409 e. The Kier molecular flexibility index (Phi) is 5.72. The first kappa shape index (κ1) is 18.5. The van der Waals surface area contributed by atoms with Gasteiger partial charge in [0.25, 0.3) is 0 Å². The van der Waals surface area contributed by atoms with Gasteiger partial charge in [-0.05, 0) is 40.5 Å². The second-order valence-electron chi connectivity index (χ2n) is 7.60. The van der Waals surface area contributed by atoms with Crippen LogP contribution in [0.3, 0.4) is 0 Å². The van der Waals surface area contributed by atoms with Gasteiger partial charge in [-0.1, -0.05) is 0 Å². The third-order valence-electron chi connectivity index (χ3n) is 4.46. The van der Waals surface area contributed by atoms with Crippen molar-refractivity contribution in [2.45, 2.75) is 58.5 Å². The quantitative estimate of drug-likeness (QED) is 0.842. The van der Waals surface area contributed by atoms with Crippen LogP contribution in [0.5, 0.6) is 0 Å². The van der Waals surface area contributed by atoms with Crippen molar-refractivity contribution in [1.29, 1.82) is 0 Å². The number of carbonyl (C=O) groups is 3. The van der Waals surface area contributed by atoms with E-state index in [1.807, 2.05) is 25.7 Å². The van der Waals surface area contributed by atoms with Crippen molar-refractivity contribution in [1.82, 2.24) is 15.1 Å². The van der Waals surface area contributed by atoms with Crippen LogP contribution in [0.25, 0.3) is 0 Å². The molecule has 0 radical (unpaired) electrons. The van der Waals surface area contributed by atoms with E-state index < -0.39 is 0 Å². The van der Waals surface area contributed by atoms with Gasteiger partial charge in [0.1, 0.15) is 0 Å². The van der Waals surface area contributed by atoms with E-state index in [2.05, 4.69) is 5.32 Å². The van der Waals surface area contributed by atoms with E-state index in [1.165, 1.54) is 0 Å². The monoisotopic (exact) mass is 339 g/mol. The third-order valence-corrected chi connectivity index (χ3v) is 4.46. The fourth-order valence-electron chi connectivity index (χ4n) is 3.31. The summed E-state index contributed by atoms with van der Waals surface area (Å²) in [5, 5.41) is 2.95. The summed E-state index contributed by atoms with van der Waals surface area (Å²) in [4.78, 5) is 39.8. The van der Waals surface area contributed by atoms with Gasteiger partial charge in [0.05, 0.1) is 12.5 Å². The molecule has 1 N–H and O–H groups in total. The zero-order chi connectivity index (χ0) is 17.9. The summed E-state index contributed by atoms with van der Waals surface area (Å²) in [7, 11) is 0. The van der Waals surface area contributed by atoms with Crippen molar-refractivity contribution in [3.8, 4) is 0 Å². The van der Waals surface area contributed by atoms with Crippen molar-refractivity contribution >= 4 is 17.9 Å². The Morgan fingerprint density at radius 1 is 1.25 bits per heavy atom. The molecule has 2 rings (SSSR count). The van der Waals surface area contributed by atoms with Gasteiger partial charge in [-0.3, -0.25) is 9.59 Å². The lowest BCUT2D eigenvalue weighted by molar-refractivity contribution is -0.131. The molecule has 0 aromatic heterocycles. The number of nitrogens with zero attached hydrogens (tertiary/aromatic N) is 2. The molecule has 0 aromatic rings. The minimum atomic E-state index is -0.293. The van der Waals surface area contributed by atoms with Crippen LogP contribution in [0.2, 0.25) is 0 Å². The van der Waals surface area contributed by atoms with Gasteiger partial charge in [-0.15, -0.1) is 0 Å². The first-order valence-electron chi connectivity index (χ1n) is 8.74. The molecule has 2 aliphatic heterocycles. The van der Waals surface area contributed by atoms with Crippen molar-refractivity contribution < 1.29 is 19.1 Å². The largest absolute Gasteiger partial charge is 0.450 e. The van der Waals surface area contributed by atoms with E-state index in [0.717, 1.165) is 12.8 Å². The van der Waals surface area contributed by atoms with Crippen LogP contribution in [-0.4, -0.2) is 65.5 Å². The van der Waals surface area contributed by atoms with Crippen LogP contribution in [0.15, 0.2) is 0 Å². The van der Waals surface area contributed by atoms with Crippen LogP contribution in [0.4, 0.5) is 4.79 Å². The molecule has 0 aromatic carbocycles. The third kappa shape index (κ3) is 4.61. The SMILES string of the molecule is CCOC(=O)N1CCC(N2CC(C(=O)NC(C)(C)C)CC2=O)CC1. The maximum Gasteiger partial charge on any atom is 0.409 e. The molecular weight excluding hydrogens is 310 g/mol. The number of hydrogen-bond donors (Lipinski definition) is 1. The first-order chi connectivity index (χ1) is 11.2. The van der Waals surface area contributed by atoms with Crippen molar-refractivity contribution in [3.05, 3.63) is 0 Å². The standard InChI is InChI=1S/C17H29N3O4/c1-5-24-16(23)19-8-6-13(7-9-19)20-11-12(10-14(20)21)15(22)18-17(2,3)4/h12-13H,5-11H2,1-4H3,(H,18,22). The Morgan fingerprint density at radius 3 is 2.42 bits per heavy atom. The molecule has 136 valence electrons. The topological polar surface area (TPSA) is 79.0 Å². The average Bonchev–Trinajstić information content (AvgIpc) is 2.88. The molecule has 2 heterocycles. The molecule has 7 heteroatoms. The maximum atomic E-state index is 12.3. The molecule has 0 spiro atoms. The second kappa shape index (κ2) is 7.40. The number of likely N-dealkylation sites (tertiary alicyclic amines) is 2. The first-order valence-corrected chi connectivity index (χ1v) is 8.74. The summed E-state index contributed by atoms with van der Waals surface area (Å²) < 4.78 is 5.01. The predicted octanol–water partition coefficient (Wildman–Crippen LogP) is 1.37. The zero-order valence-corrected chi connectivity index (χ0v) is 15.1. The highest BCUT2D eigenvalue weighted by Crippen LogP contribution is 2.26. The number of nitrogens with one attached hydrogen (secondary N) is 1. The Bertz CT molecular complexity index is 493. The Morgan fingerprint density at radius 2 is 1.88 bits per heavy atom. The summed E-state index contributed by atoms with van der Waals surface area (Å²) in [5.74, 6) is -0.291. The summed E-state index contributed by atoms with van der Waals surface area (Å²) >= 11 is 0. The van der Waals surface area contributed by atoms with Gasteiger partial charge >= 0.3 is 6.09 Å². The summed E-state index contributed by atoms with van der Waals surface area (Å²) in [6.07, 6.45) is 1.46. The number of carbonyl (C=O) groups excluding carboxylic acids is 3. The van der Waals surface area contributed by atoms with E-state index in [4.69, 9.17) is 4.74 Å². The summed E-state index contributed by atoms with van der Waals surface area (Å²) in [6.45, 7) is 9.62. The van der Waals surface area contributed by atoms with Crippen LogP contribution < -0.4 is 5.32 Å². The van der Waals surface area contributed by atoms with Gasteiger partial charge < -0.3 is 19.9 Å². The average molecular weight is 339 g/mol. The molecule has 1 atom stereocenters. The van der Waals surface area contributed by atoms with E-state index in [-0.39, 0.29) is 41.8 Å². The fraction of sp³-hybridized carbons (Fsp3) is 0.824. The molecular formula is C17H29N3O4. The Balaban J connectivity index is 1.87. The van der Waals surface area contributed by atoms with Crippen molar-refractivity contribution in [2.24, 2.45) is 5.92 Å². The van der Waals surface area contributed by atoms with Gasteiger partial charge in [-0.25, -0.2) is 4.79 Å². The summed E-state index contributed by atoms with van der Waals surface area (Å²) in [5.41, 5.74) is -0.293. The van der Waals surface area contributed by atoms with E-state index in [1.54, 1.807) is 11.8 Å². The highest BCUT2D eigenvalue weighted by atomic mass is 16.6. The Hall–Kier alpha value is -1.79. The number of ether oxygens (including phenoxy) is 1. The Labute approximate surface area is 143 Å². The lowest BCUT2D eigenvalue weighted by Gasteiger charge is -2.36. The van der Waals surface area contributed by atoms with Gasteiger partial charge in [0.15, 0.2) is 0 Å². The lowest BCUT2D eigenvalue weighted by atomic mass is 10.0. The minimum Gasteiger partial charge on any atom is -0.450 e. The molecule has 3 amide bonds. The number of hydrogen-bond acceptors (Lipinski definition) is 4. The number of rotatable bonds is 3. The van der Waals surface area contributed by atoms with Crippen LogP contribution in [0, 0.1) is 5.92 Å². The molecule has 0 bridgehead atoms. The molecule has 7 nitrogen and oxygen atoms in total. The summed E-state index contributed by atoms with van der Waals surface area (Å²) in [6, 6.07) is 0.107. The molecule has 0 saturated carbocycles. The van der Waals surface area contributed by atoms with Crippen molar-refractivity contribution in [2.75, 3.05) is 26.2 Å². The van der Waals surface area contributed by atoms with E-state index in [9.17, 15) is 14.4 Å². The number of piperidine rings is 1. The highest BCUT2D eigenvalue weighted by Gasteiger charge is 2.40. The molecule has 0 aliphatic carbocycles. The molecule has 24 heavy (non-hydrogen) atoms. The van der Waals surface area contributed by atoms with E-state index >= 15 is 0 Å². The molecule has 2 fully saturated rings. The van der Waals surface area contributed by atoms with Crippen LogP contribution in [0.1, 0.15) is 47.0 Å². The predicted molar refractivity (Wildman–Crippen MR) is 89.3 cm³/mol. The van der Waals surface area contributed by atoms with Crippen molar-refractivity contribution in [3.63, 3.8) is 0 Å². The van der Waals surface area contributed by atoms with Crippen LogP contribution >= 0.6 is 0 Å². The second-order valence-corrected chi connectivity index (χ2v) is 7.60.